The molecule has 0 aromatic heterocycles. The lowest BCUT2D eigenvalue weighted by atomic mass is 9.95. The van der Waals surface area contributed by atoms with Crippen molar-refractivity contribution in [2.24, 2.45) is 0 Å². The quantitative estimate of drug-likeness (QED) is 0.793. The van der Waals surface area contributed by atoms with Crippen molar-refractivity contribution >= 4 is 17.9 Å². The number of benzene rings is 1. The summed E-state index contributed by atoms with van der Waals surface area (Å²) in [6.45, 7) is 1.98. The Morgan fingerprint density at radius 2 is 1.83 bits per heavy atom. The number of nitrogens with one attached hydrogen (secondary N) is 2. The minimum Gasteiger partial charge on any atom is -0.352 e. The lowest BCUT2D eigenvalue weighted by Gasteiger charge is -2.22. The van der Waals surface area contributed by atoms with Crippen LogP contribution in [0.25, 0.3) is 6.08 Å². The molecule has 0 unspecified atom stereocenters. The largest absolute Gasteiger partial charge is 0.352 e. The van der Waals surface area contributed by atoms with Crippen LogP contribution in [-0.4, -0.2) is 24.4 Å². The maximum absolute atomic E-state index is 12.2. The summed E-state index contributed by atoms with van der Waals surface area (Å²) in [4.78, 5) is 24.2. The molecule has 0 aliphatic heterocycles. The van der Waals surface area contributed by atoms with Gasteiger partial charge in [-0.2, -0.15) is 0 Å². The SMILES string of the molecule is CC/C(=C\c1ccccc1)C(=O)NCC(=O)NC1CCCCC1. The summed E-state index contributed by atoms with van der Waals surface area (Å²) in [6, 6.07) is 10.0. The smallest absolute Gasteiger partial charge is 0.247 e. The van der Waals surface area contributed by atoms with Crippen molar-refractivity contribution < 1.29 is 9.59 Å². The molecule has 2 N–H and O–H groups in total. The molecule has 1 aliphatic rings. The van der Waals surface area contributed by atoms with Crippen LogP contribution in [-0.2, 0) is 9.59 Å². The topological polar surface area (TPSA) is 58.2 Å². The predicted molar refractivity (Wildman–Crippen MR) is 92.7 cm³/mol. The Hall–Kier alpha value is -2.10. The zero-order valence-electron chi connectivity index (χ0n) is 13.8. The minimum atomic E-state index is -0.171. The van der Waals surface area contributed by atoms with Crippen molar-refractivity contribution in [1.29, 1.82) is 0 Å². The summed E-state index contributed by atoms with van der Waals surface area (Å²) in [5.74, 6) is -0.268. The van der Waals surface area contributed by atoms with Gasteiger partial charge in [0.15, 0.2) is 0 Å². The van der Waals surface area contributed by atoms with E-state index in [1.54, 1.807) is 0 Å². The van der Waals surface area contributed by atoms with Gasteiger partial charge in [0, 0.05) is 11.6 Å². The molecule has 2 rings (SSSR count). The fraction of sp³-hybridized carbons (Fsp3) is 0.474. The first-order valence-electron chi connectivity index (χ1n) is 8.52. The highest BCUT2D eigenvalue weighted by Gasteiger charge is 2.16. The monoisotopic (exact) mass is 314 g/mol. The number of carbonyl (C=O) groups is 2. The first-order valence-corrected chi connectivity index (χ1v) is 8.52. The Labute approximate surface area is 138 Å². The number of carbonyl (C=O) groups excluding carboxylic acids is 2. The van der Waals surface area contributed by atoms with E-state index in [-0.39, 0.29) is 24.4 Å². The molecule has 0 saturated heterocycles. The van der Waals surface area contributed by atoms with Crippen LogP contribution in [0.1, 0.15) is 51.0 Å². The normalized spacial score (nSPS) is 16.0. The van der Waals surface area contributed by atoms with Gasteiger partial charge in [-0.15, -0.1) is 0 Å². The molecule has 0 heterocycles. The first-order chi connectivity index (χ1) is 11.2. The molecule has 1 aromatic carbocycles. The molecule has 0 atom stereocenters. The van der Waals surface area contributed by atoms with Gasteiger partial charge in [-0.3, -0.25) is 9.59 Å². The fourth-order valence-electron chi connectivity index (χ4n) is 2.88. The molecule has 1 aromatic rings. The summed E-state index contributed by atoms with van der Waals surface area (Å²) >= 11 is 0. The lowest BCUT2D eigenvalue weighted by Crippen LogP contribution is -2.42. The molecule has 2 amide bonds. The number of rotatable bonds is 6. The van der Waals surface area contributed by atoms with Gasteiger partial charge in [0.25, 0.3) is 0 Å². The van der Waals surface area contributed by atoms with Crippen LogP contribution in [0.3, 0.4) is 0 Å². The fourth-order valence-corrected chi connectivity index (χ4v) is 2.88. The van der Waals surface area contributed by atoms with Gasteiger partial charge in [0.2, 0.25) is 11.8 Å². The van der Waals surface area contributed by atoms with Crippen LogP contribution in [0.2, 0.25) is 0 Å². The average molecular weight is 314 g/mol. The summed E-state index contributed by atoms with van der Waals surface area (Å²) in [7, 11) is 0. The van der Waals surface area contributed by atoms with Gasteiger partial charge in [-0.05, 0) is 30.9 Å². The molecule has 1 aliphatic carbocycles. The van der Waals surface area contributed by atoms with E-state index in [1.165, 1.54) is 19.3 Å². The van der Waals surface area contributed by atoms with Gasteiger partial charge in [-0.25, -0.2) is 0 Å². The van der Waals surface area contributed by atoms with Crippen LogP contribution in [0.5, 0.6) is 0 Å². The number of hydrogen-bond donors (Lipinski definition) is 2. The van der Waals surface area contributed by atoms with E-state index in [4.69, 9.17) is 0 Å². The van der Waals surface area contributed by atoms with Gasteiger partial charge in [0.1, 0.15) is 0 Å². The first kappa shape index (κ1) is 17.3. The van der Waals surface area contributed by atoms with Crippen LogP contribution in [0.15, 0.2) is 35.9 Å². The minimum absolute atomic E-state index is 0.0431. The van der Waals surface area contributed by atoms with E-state index in [0.29, 0.717) is 12.0 Å². The Bertz CT molecular complexity index is 546. The Morgan fingerprint density at radius 3 is 2.48 bits per heavy atom. The molecule has 124 valence electrons. The molecular formula is C19H26N2O2. The highest BCUT2D eigenvalue weighted by Crippen LogP contribution is 2.17. The zero-order valence-corrected chi connectivity index (χ0v) is 13.8. The van der Waals surface area contributed by atoms with Gasteiger partial charge < -0.3 is 10.6 Å². The molecule has 1 fully saturated rings. The second-order valence-electron chi connectivity index (χ2n) is 6.02. The highest BCUT2D eigenvalue weighted by molar-refractivity contribution is 5.99. The molecule has 4 heteroatoms. The van der Waals surface area contributed by atoms with E-state index < -0.39 is 0 Å². The second kappa shape index (κ2) is 9.13. The van der Waals surface area contributed by atoms with Crippen LogP contribution in [0.4, 0.5) is 0 Å². The van der Waals surface area contributed by atoms with Crippen molar-refractivity contribution in [3.05, 3.63) is 41.5 Å². The molecular weight excluding hydrogens is 288 g/mol. The molecule has 0 spiro atoms. The van der Waals surface area contributed by atoms with E-state index >= 15 is 0 Å². The third-order valence-electron chi connectivity index (χ3n) is 4.19. The van der Waals surface area contributed by atoms with E-state index in [1.807, 2.05) is 43.3 Å². The van der Waals surface area contributed by atoms with Crippen molar-refractivity contribution in [3.63, 3.8) is 0 Å². The molecule has 0 radical (unpaired) electrons. The highest BCUT2D eigenvalue weighted by atomic mass is 16.2. The molecule has 23 heavy (non-hydrogen) atoms. The van der Waals surface area contributed by atoms with Crippen molar-refractivity contribution in [2.75, 3.05) is 6.54 Å². The van der Waals surface area contributed by atoms with Crippen molar-refractivity contribution in [3.8, 4) is 0 Å². The third kappa shape index (κ3) is 5.89. The molecule has 1 saturated carbocycles. The van der Waals surface area contributed by atoms with Crippen LogP contribution < -0.4 is 10.6 Å². The Balaban J connectivity index is 1.82. The standard InChI is InChI=1S/C19H26N2O2/c1-2-16(13-15-9-5-3-6-10-15)19(23)20-14-18(22)21-17-11-7-4-8-12-17/h3,5-6,9-10,13,17H,2,4,7-8,11-12,14H2,1H3,(H,20,23)(H,21,22)/b16-13+. The van der Waals surface area contributed by atoms with E-state index in [0.717, 1.165) is 18.4 Å². The van der Waals surface area contributed by atoms with E-state index in [2.05, 4.69) is 10.6 Å². The second-order valence-corrected chi connectivity index (χ2v) is 6.02. The summed E-state index contributed by atoms with van der Waals surface area (Å²) in [6.07, 6.45) is 8.21. The summed E-state index contributed by atoms with van der Waals surface area (Å²) in [5, 5.41) is 5.73. The zero-order chi connectivity index (χ0) is 16.5. The van der Waals surface area contributed by atoms with Gasteiger partial charge in [0.05, 0.1) is 6.54 Å². The summed E-state index contributed by atoms with van der Waals surface area (Å²) in [5.41, 5.74) is 1.67. The van der Waals surface area contributed by atoms with Crippen LogP contribution in [0, 0.1) is 0 Å². The maximum Gasteiger partial charge on any atom is 0.247 e. The number of hydrogen-bond acceptors (Lipinski definition) is 2. The van der Waals surface area contributed by atoms with Crippen LogP contribution >= 0.6 is 0 Å². The molecule has 4 nitrogen and oxygen atoms in total. The average Bonchev–Trinajstić information content (AvgIpc) is 2.59. The molecule has 0 bridgehead atoms. The summed E-state index contributed by atoms with van der Waals surface area (Å²) < 4.78 is 0. The maximum atomic E-state index is 12.2. The third-order valence-corrected chi connectivity index (χ3v) is 4.19. The van der Waals surface area contributed by atoms with Gasteiger partial charge >= 0.3 is 0 Å². The predicted octanol–water partition coefficient (Wildman–Crippen LogP) is 3.05. The number of amides is 2. The lowest BCUT2D eigenvalue weighted by molar-refractivity contribution is -0.124. The van der Waals surface area contributed by atoms with Crippen molar-refractivity contribution in [2.45, 2.75) is 51.5 Å². The van der Waals surface area contributed by atoms with Crippen molar-refractivity contribution in [1.82, 2.24) is 10.6 Å². The Morgan fingerprint density at radius 1 is 1.13 bits per heavy atom. The Kier molecular flexibility index (Phi) is 6.85. The van der Waals surface area contributed by atoms with Gasteiger partial charge in [-0.1, -0.05) is 56.5 Å². The van der Waals surface area contributed by atoms with E-state index in [9.17, 15) is 9.59 Å².